The molecule has 1 atom stereocenters. The largest absolute Gasteiger partial charge is 0.332 e. The molecule has 2 aromatic rings. The van der Waals surface area contributed by atoms with Gasteiger partial charge in [-0.1, -0.05) is 11.6 Å². The van der Waals surface area contributed by atoms with E-state index < -0.39 is 0 Å². The zero-order chi connectivity index (χ0) is 12.4. The second kappa shape index (κ2) is 5.38. The highest BCUT2D eigenvalue weighted by molar-refractivity contribution is 7.99. The Morgan fingerprint density at radius 1 is 1.39 bits per heavy atom. The molecule has 7 heteroatoms. The maximum absolute atomic E-state index is 5.54. The van der Waals surface area contributed by atoms with Crippen molar-refractivity contribution >= 4 is 23.1 Å². The van der Waals surface area contributed by atoms with Crippen molar-refractivity contribution in [2.24, 2.45) is 5.73 Å². The van der Waals surface area contributed by atoms with E-state index in [0.29, 0.717) is 17.7 Å². The van der Waals surface area contributed by atoms with Crippen LogP contribution >= 0.6 is 23.1 Å². The molecule has 3 heterocycles. The summed E-state index contributed by atoms with van der Waals surface area (Å²) in [4.78, 5) is 8.80. The van der Waals surface area contributed by atoms with Crippen LogP contribution in [0.25, 0.3) is 11.6 Å². The molecule has 1 fully saturated rings. The van der Waals surface area contributed by atoms with Crippen LogP contribution in [0.4, 0.5) is 0 Å². The number of thioether (sulfide) groups is 1. The van der Waals surface area contributed by atoms with Crippen LogP contribution in [0.3, 0.4) is 0 Å². The third-order valence-corrected chi connectivity index (χ3v) is 5.10. The zero-order valence-corrected chi connectivity index (χ0v) is 11.5. The number of nitrogens with two attached hydrogens (primary N) is 1. The molecule has 1 saturated heterocycles. The van der Waals surface area contributed by atoms with Crippen LogP contribution in [0.2, 0.25) is 0 Å². The monoisotopic (exact) mass is 282 g/mol. The Labute approximate surface area is 113 Å². The van der Waals surface area contributed by atoms with Crippen molar-refractivity contribution < 1.29 is 4.52 Å². The lowest BCUT2D eigenvalue weighted by atomic mass is 10.2. The summed E-state index contributed by atoms with van der Waals surface area (Å²) < 4.78 is 5.29. The molecule has 0 aliphatic carbocycles. The summed E-state index contributed by atoms with van der Waals surface area (Å²) in [5.74, 6) is 2.49. The standard InChI is InChI=1S/C11H14N4OS2/c12-5-9-13-7(6-18-9)11-14-10(15-16-11)8-3-1-2-4-17-8/h6,8H,1-5,12H2. The van der Waals surface area contributed by atoms with Gasteiger partial charge in [0.2, 0.25) is 0 Å². The average molecular weight is 282 g/mol. The average Bonchev–Trinajstić information content (AvgIpc) is 3.08. The topological polar surface area (TPSA) is 77.8 Å². The first kappa shape index (κ1) is 12.1. The maximum Gasteiger partial charge on any atom is 0.277 e. The maximum atomic E-state index is 5.54. The van der Waals surface area contributed by atoms with Gasteiger partial charge in [0.05, 0.1) is 5.25 Å². The van der Waals surface area contributed by atoms with E-state index in [1.165, 1.54) is 29.9 Å². The summed E-state index contributed by atoms with van der Waals surface area (Å²) in [5.41, 5.74) is 6.28. The lowest BCUT2D eigenvalue weighted by Crippen LogP contribution is -2.03. The molecule has 1 aliphatic rings. The van der Waals surface area contributed by atoms with Crippen molar-refractivity contribution in [2.75, 3.05) is 5.75 Å². The van der Waals surface area contributed by atoms with Crippen LogP contribution in [-0.4, -0.2) is 20.9 Å². The third-order valence-electron chi connectivity index (χ3n) is 2.85. The number of hydrogen-bond acceptors (Lipinski definition) is 7. The van der Waals surface area contributed by atoms with E-state index >= 15 is 0 Å². The number of nitrogens with zero attached hydrogens (tertiary/aromatic N) is 3. The Kier molecular flexibility index (Phi) is 3.62. The van der Waals surface area contributed by atoms with Crippen molar-refractivity contribution in [3.63, 3.8) is 0 Å². The zero-order valence-electron chi connectivity index (χ0n) is 9.83. The van der Waals surface area contributed by atoms with E-state index in [1.807, 2.05) is 17.1 Å². The van der Waals surface area contributed by atoms with E-state index in [0.717, 1.165) is 22.9 Å². The summed E-state index contributed by atoms with van der Waals surface area (Å²) in [5, 5.41) is 7.25. The van der Waals surface area contributed by atoms with Crippen LogP contribution in [0.15, 0.2) is 9.90 Å². The van der Waals surface area contributed by atoms with Gasteiger partial charge in [-0.3, -0.25) is 0 Å². The molecule has 2 N–H and O–H groups in total. The van der Waals surface area contributed by atoms with E-state index in [9.17, 15) is 0 Å². The van der Waals surface area contributed by atoms with Gasteiger partial charge in [-0.15, -0.1) is 11.3 Å². The number of rotatable bonds is 3. The van der Waals surface area contributed by atoms with Crippen molar-refractivity contribution in [3.8, 4) is 11.6 Å². The molecule has 0 spiro atoms. The summed E-state index contributed by atoms with van der Waals surface area (Å²) in [7, 11) is 0. The first-order valence-electron chi connectivity index (χ1n) is 5.97. The molecule has 0 radical (unpaired) electrons. The molecule has 18 heavy (non-hydrogen) atoms. The number of hydrogen-bond donors (Lipinski definition) is 1. The minimum absolute atomic E-state index is 0.379. The third kappa shape index (κ3) is 2.43. The highest BCUT2D eigenvalue weighted by Gasteiger charge is 2.22. The fourth-order valence-corrected chi connectivity index (χ4v) is 3.80. The van der Waals surface area contributed by atoms with E-state index in [-0.39, 0.29) is 0 Å². The molecule has 0 bridgehead atoms. The number of thiazole rings is 1. The second-order valence-corrected chi connectivity index (χ2v) is 6.40. The Morgan fingerprint density at radius 3 is 3.06 bits per heavy atom. The van der Waals surface area contributed by atoms with Gasteiger partial charge in [0, 0.05) is 11.9 Å². The van der Waals surface area contributed by atoms with E-state index in [1.54, 1.807) is 0 Å². The predicted octanol–water partition coefficient (Wildman–Crippen LogP) is 2.61. The Bertz CT molecular complexity index is 519. The van der Waals surface area contributed by atoms with E-state index in [4.69, 9.17) is 10.3 Å². The van der Waals surface area contributed by atoms with Gasteiger partial charge < -0.3 is 10.3 Å². The summed E-state index contributed by atoms with van der Waals surface area (Å²) >= 11 is 3.43. The minimum atomic E-state index is 0.379. The minimum Gasteiger partial charge on any atom is -0.332 e. The molecule has 1 unspecified atom stereocenters. The summed E-state index contributed by atoms with van der Waals surface area (Å²) in [6, 6.07) is 0. The molecule has 0 amide bonds. The number of aromatic nitrogens is 3. The molecule has 2 aromatic heterocycles. The van der Waals surface area contributed by atoms with Crippen molar-refractivity contribution in [2.45, 2.75) is 31.1 Å². The normalized spacial score (nSPS) is 20.2. The molecular weight excluding hydrogens is 268 g/mol. The Balaban J connectivity index is 1.79. The van der Waals surface area contributed by atoms with Gasteiger partial charge in [-0.2, -0.15) is 16.7 Å². The van der Waals surface area contributed by atoms with Gasteiger partial charge in [0.1, 0.15) is 10.7 Å². The summed E-state index contributed by atoms with van der Waals surface area (Å²) in [6.07, 6.45) is 3.67. The van der Waals surface area contributed by atoms with Crippen molar-refractivity contribution in [1.82, 2.24) is 15.1 Å². The Morgan fingerprint density at radius 2 is 2.33 bits per heavy atom. The Hall–Kier alpha value is -0.920. The van der Waals surface area contributed by atoms with Gasteiger partial charge in [-0.05, 0) is 18.6 Å². The van der Waals surface area contributed by atoms with Gasteiger partial charge >= 0.3 is 0 Å². The lowest BCUT2D eigenvalue weighted by Gasteiger charge is -2.17. The molecular formula is C11H14N4OS2. The fraction of sp³-hybridized carbons (Fsp3) is 0.545. The van der Waals surface area contributed by atoms with Crippen molar-refractivity contribution in [3.05, 3.63) is 16.2 Å². The molecule has 1 aliphatic heterocycles. The van der Waals surface area contributed by atoms with Crippen LogP contribution in [0.5, 0.6) is 0 Å². The highest BCUT2D eigenvalue weighted by atomic mass is 32.2. The molecule has 0 aromatic carbocycles. The van der Waals surface area contributed by atoms with Crippen LogP contribution in [0, 0.1) is 0 Å². The quantitative estimate of drug-likeness (QED) is 0.932. The lowest BCUT2D eigenvalue weighted by molar-refractivity contribution is 0.419. The van der Waals surface area contributed by atoms with Gasteiger partial charge in [0.25, 0.3) is 5.89 Å². The second-order valence-electron chi connectivity index (χ2n) is 4.14. The fourth-order valence-electron chi connectivity index (χ4n) is 1.92. The van der Waals surface area contributed by atoms with Crippen LogP contribution in [-0.2, 0) is 6.54 Å². The molecule has 96 valence electrons. The van der Waals surface area contributed by atoms with Crippen molar-refractivity contribution in [1.29, 1.82) is 0 Å². The predicted molar refractivity (Wildman–Crippen MR) is 72.3 cm³/mol. The van der Waals surface area contributed by atoms with Crippen LogP contribution < -0.4 is 5.73 Å². The molecule has 3 rings (SSSR count). The van der Waals surface area contributed by atoms with Crippen LogP contribution in [0.1, 0.15) is 35.3 Å². The smallest absolute Gasteiger partial charge is 0.277 e. The van der Waals surface area contributed by atoms with E-state index in [2.05, 4.69) is 15.1 Å². The molecule has 5 nitrogen and oxygen atoms in total. The van der Waals surface area contributed by atoms with Gasteiger partial charge in [-0.25, -0.2) is 4.98 Å². The summed E-state index contributed by atoms with van der Waals surface area (Å²) in [6.45, 7) is 0.449. The first-order chi connectivity index (χ1) is 8.86. The first-order valence-corrected chi connectivity index (χ1v) is 7.89. The molecule has 0 saturated carbocycles. The highest BCUT2D eigenvalue weighted by Crippen LogP contribution is 2.37. The SMILES string of the molecule is NCc1nc(-c2nc(C3CCCCS3)no2)cs1. The van der Waals surface area contributed by atoms with Gasteiger partial charge in [0.15, 0.2) is 5.82 Å².